The van der Waals surface area contributed by atoms with Crippen LogP contribution in [0.25, 0.3) is 0 Å². The van der Waals surface area contributed by atoms with Gasteiger partial charge in [0.1, 0.15) is 0 Å². The van der Waals surface area contributed by atoms with Crippen molar-refractivity contribution in [2.24, 2.45) is 5.92 Å². The van der Waals surface area contributed by atoms with E-state index in [1.165, 1.54) is 29.0 Å². The van der Waals surface area contributed by atoms with Crippen LogP contribution in [0, 0.1) is 12.8 Å². The van der Waals surface area contributed by atoms with Crippen LogP contribution in [0.4, 0.5) is 5.69 Å². The molecule has 150 valence electrons. The second-order valence-corrected chi connectivity index (χ2v) is 9.15. The highest BCUT2D eigenvalue weighted by molar-refractivity contribution is 7.99. The highest BCUT2D eigenvalue weighted by atomic mass is 32.2. The standard InChI is InChI=1S/C24H32N2OS/c1-18-6-12-23(13-7-18)28-16-14-24(27)25-20(3)21-8-10-22(11-9-21)26-15-4-5-19(2)17-26/h6-13,19-20H,4-5,14-17H2,1-3H3,(H,25,27)/t19-,20+/m1/s1. The van der Waals surface area contributed by atoms with Crippen LogP contribution in [0.5, 0.6) is 0 Å². The Balaban J connectivity index is 1.45. The summed E-state index contributed by atoms with van der Waals surface area (Å²) in [5, 5.41) is 3.13. The zero-order valence-corrected chi connectivity index (χ0v) is 18.1. The largest absolute Gasteiger partial charge is 0.371 e. The summed E-state index contributed by atoms with van der Waals surface area (Å²) in [6.45, 7) is 8.76. The number of nitrogens with one attached hydrogen (secondary N) is 1. The van der Waals surface area contributed by atoms with Gasteiger partial charge in [0.25, 0.3) is 0 Å². The molecule has 0 aromatic heterocycles. The Morgan fingerprint density at radius 3 is 2.57 bits per heavy atom. The van der Waals surface area contributed by atoms with E-state index in [1.54, 1.807) is 11.8 Å². The molecule has 2 aromatic rings. The molecule has 1 aliphatic rings. The lowest BCUT2D eigenvalue weighted by Crippen LogP contribution is -2.34. The van der Waals surface area contributed by atoms with Crippen molar-refractivity contribution in [3.63, 3.8) is 0 Å². The van der Waals surface area contributed by atoms with Gasteiger partial charge >= 0.3 is 0 Å². The van der Waals surface area contributed by atoms with E-state index < -0.39 is 0 Å². The second kappa shape index (κ2) is 10.0. The molecule has 1 aliphatic heterocycles. The molecule has 1 heterocycles. The number of nitrogens with zero attached hydrogens (tertiary/aromatic N) is 1. The summed E-state index contributed by atoms with van der Waals surface area (Å²) >= 11 is 1.73. The Hall–Kier alpha value is -1.94. The quantitative estimate of drug-likeness (QED) is 0.619. The van der Waals surface area contributed by atoms with Gasteiger partial charge < -0.3 is 10.2 Å². The van der Waals surface area contributed by atoms with Gasteiger partial charge in [0.15, 0.2) is 0 Å². The van der Waals surface area contributed by atoms with E-state index in [9.17, 15) is 4.79 Å². The van der Waals surface area contributed by atoms with Crippen molar-refractivity contribution in [3.05, 3.63) is 59.7 Å². The first-order valence-electron chi connectivity index (χ1n) is 10.3. The maximum absolute atomic E-state index is 12.3. The van der Waals surface area contributed by atoms with Gasteiger partial charge in [-0.15, -0.1) is 11.8 Å². The van der Waals surface area contributed by atoms with Crippen LogP contribution in [0.3, 0.4) is 0 Å². The van der Waals surface area contributed by atoms with Crippen molar-refractivity contribution in [2.75, 3.05) is 23.7 Å². The summed E-state index contributed by atoms with van der Waals surface area (Å²) < 4.78 is 0. The van der Waals surface area contributed by atoms with Gasteiger partial charge in [0.05, 0.1) is 6.04 Å². The van der Waals surface area contributed by atoms with Crippen molar-refractivity contribution in [3.8, 4) is 0 Å². The van der Waals surface area contributed by atoms with Crippen LogP contribution < -0.4 is 10.2 Å². The molecule has 28 heavy (non-hydrogen) atoms. The minimum Gasteiger partial charge on any atom is -0.371 e. The first-order chi connectivity index (χ1) is 13.5. The van der Waals surface area contributed by atoms with E-state index in [2.05, 4.69) is 79.5 Å². The minimum atomic E-state index is 0.0335. The van der Waals surface area contributed by atoms with E-state index in [0.29, 0.717) is 6.42 Å². The van der Waals surface area contributed by atoms with Gasteiger partial charge in [-0.1, -0.05) is 36.8 Å². The first-order valence-corrected chi connectivity index (χ1v) is 11.3. The highest BCUT2D eigenvalue weighted by Crippen LogP contribution is 2.25. The minimum absolute atomic E-state index is 0.0335. The summed E-state index contributed by atoms with van der Waals surface area (Å²) in [5.41, 5.74) is 3.72. The summed E-state index contributed by atoms with van der Waals surface area (Å²) in [6.07, 6.45) is 3.14. The van der Waals surface area contributed by atoms with E-state index in [1.807, 2.05) is 0 Å². The summed E-state index contributed by atoms with van der Waals surface area (Å²) in [5.74, 6) is 1.68. The summed E-state index contributed by atoms with van der Waals surface area (Å²) in [4.78, 5) is 16.0. The second-order valence-electron chi connectivity index (χ2n) is 7.99. The van der Waals surface area contributed by atoms with Crippen LogP contribution in [0.15, 0.2) is 53.4 Å². The number of carbonyl (C=O) groups is 1. The number of amides is 1. The molecule has 1 N–H and O–H groups in total. The lowest BCUT2D eigenvalue weighted by atomic mass is 9.99. The molecular weight excluding hydrogens is 364 g/mol. The predicted molar refractivity (Wildman–Crippen MR) is 120 cm³/mol. The third kappa shape index (κ3) is 6.03. The van der Waals surface area contributed by atoms with Gasteiger partial charge in [0, 0.05) is 35.8 Å². The van der Waals surface area contributed by atoms with Gasteiger partial charge in [-0.3, -0.25) is 4.79 Å². The van der Waals surface area contributed by atoms with E-state index >= 15 is 0 Å². The molecule has 2 atom stereocenters. The summed E-state index contributed by atoms with van der Waals surface area (Å²) in [7, 11) is 0. The third-order valence-corrected chi connectivity index (χ3v) is 6.43. The number of thioether (sulfide) groups is 1. The lowest BCUT2D eigenvalue weighted by Gasteiger charge is -2.33. The number of carbonyl (C=O) groups excluding carboxylic acids is 1. The molecule has 3 rings (SSSR count). The third-order valence-electron chi connectivity index (χ3n) is 5.41. The smallest absolute Gasteiger partial charge is 0.221 e. The molecule has 0 radical (unpaired) electrons. The molecule has 0 saturated carbocycles. The molecule has 2 aromatic carbocycles. The van der Waals surface area contributed by atoms with Crippen molar-refractivity contribution in [1.29, 1.82) is 0 Å². The average molecular weight is 397 g/mol. The van der Waals surface area contributed by atoms with Crippen molar-refractivity contribution < 1.29 is 4.79 Å². The first kappa shape index (κ1) is 20.8. The van der Waals surface area contributed by atoms with Crippen LogP contribution in [-0.2, 0) is 4.79 Å². The average Bonchev–Trinajstić information content (AvgIpc) is 2.69. The molecule has 1 fully saturated rings. The zero-order chi connectivity index (χ0) is 19.9. The molecular formula is C24H32N2OS. The number of rotatable bonds is 7. The van der Waals surface area contributed by atoms with Crippen molar-refractivity contribution in [1.82, 2.24) is 5.32 Å². The number of benzene rings is 2. The normalized spacial score (nSPS) is 18.0. The fourth-order valence-electron chi connectivity index (χ4n) is 3.69. The van der Waals surface area contributed by atoms with Crippen LogP contribution in [-0.4, -0.2) is 24.7 Å². The Morgan fingerprint density at radius 1 is 1.18 bits per heavy atom. The Kier molecular flexibility index (Phi) is 7.43. The number of anilines is 1. The molecule has 1 saturated heterocycles. The Bertz CT molecular complexity index is 757. The van der Waals surface area contributed by atoms with Crippen molar-refractivity contribution >= 4 is 23.4 Å². The topological polar surface area (TPSA) is 32.3 Å². The summed E-state index contributed by atoms with van der Waals surface area (Å²) in [6, 6.07) is 17.2. The van der Waals surface area contributed by atoms with Crippen LogP contribution >= 0.6 is 11.8 Å². The van der Waals surface area contributed by atoms with Gasteiger partial charge in [-0.2, -0.15) is 0 Å². The highest BCUT2D eigenvalue weighted by Gasteiger charge is 2.17. The fraction of sp³-hybridized carbons (Fsp3) is 0.458. The van der Waals surface area contributed by atoms with E-state index in [-0.39, 0.29) is 11.9 Å². The van der Waals surface area contributed by atoms with Gasteiger partial charge in [-0.25, -0.2) is 0 Å². The van der Waals surface area contributed by atoms with E-state index in [0.717, 1.165) is 30.3 Å². The number of hydrogen-bond donors (Lipinski definition) is 1. The molecule has 0 unspecified atom stereocenters. The Labute approximate surface area is 173 Å². The SMILES string of the molecule is Cc1ccc(SCCC(=O)N[C@@H](C)c2ccc(N3CCC[C@@H](C)C3)cc2)cc1. The maximum Gasteiger partial charge on any atom is 0.221 e. The number of piperidine rings is 1. The molecule has 0 aliphatic carbocycles. The maximum atomic E-state index is 12.3. The van der Waals surface area contributed by atoms with Gasteiger partial charge in [0.2, 0.25) is 5.91 Å². The predicted octanol–water partition coefficient (Wildman–Crippen LogP) is 5.59. The fourth-order valence-corrected chi connectivity index (χ4v) is 4.54. The monoisotopic (exact) mass is 396 g/mol. The van der Waals surface area contributed by atoms with Crippen LogP contribution in [0.2, 0.25) is 0 Å². The molecule has 4 heteroatoms. The molecule has 3 nitrogen and oxygen atoms in total. The zero-order valence-electron chi connectivity index (χ0n) is 17.3. The molecule has 0 spiro atoms. The van der Waals surface area contributed by atoms with Crippen LogP contribution in [0.1, 0.15) is 50.3 Å². The van der Waals surface area contributed by atoms with Gasteiger partial charge in [-0.05, 0) is 62.4 Å². The lowest BCUT2D eigenvalue weighted by molar-refractivity contribution is -0.121. The van der Waals surface area contributed by atoms with Crippen molar-refractivity contribution in [2.45, 2.75) is 51.0 Å². The Morgan fingerprint density at radius 2 is 1.89 bits per heavy atom. The molecule has 0 bridgehead atoms. The number of aryl methyl sites for hydroxylation is 1. The van der Waals surface area contributed by atoms with E-state index in [4.69, 9.17) is 0 Å². The number of hydrogen-bond acceptors (Lipinski definition) is 3. The molecule has 1 amide bonds.